The predicted octanol–water partition coefficient (Wildman–Crippen LogP) is 1.25. The molecule has 0 aromatic carbocycles. The van der Waals surface area contributed by atoms with Crippen LogP contribution in [0.1, 0.15) is 6.92 Å². The Kier molecular flexibility index (Phi) is 4.95. The number of halogens is 1. The number of allylic oxidation sites excluding steroid dienone is 5. The van der Waals surface area contributed by atoms with E-state index in [1.165, 1.54) is 6.08 Å². The molecule has 0 saturated heterocycles. The summed E-state index contributed by atoms with van der Waals surface area (Å²) >= 11 is 5.46. The van der Waals surface area contributed by atoms with Crippen LogP contribution in [0.25, 0.3) is 0 Å². The standard InChI is InChI=1S/C7H10BClO2/c1-3-4-5-7(6(2)9)8(10)11/h3-5,10-11H,2H2,1H3. The molecule has 0 aromatic heterocycles. The molecule has 2 nitrogen and oxygen atoms in total. The minimum absolute atomic E-state index is 0.137. The van der Waals surface area contributed by atoms with Crippen LogP contribution in [0.3, 0.4) is 0 Å². The van der Waals surface area contributed by atoms with E-state index in [1.807, 2.05) is 6.92 Å². The zero-order chi connectivity index (χ0) is 8.85. The predicted molar refractivity (Wildman–Crippen MR) is 48.1 cm³/mol. The van der Waals surface area contributed by atoms with Crippen LogP contribution in [0.2, 0.25) is 0 Å². The molecule has 0 saturated carbocycles. The molecule has 0 heterocycles. The van der Waals surface area contributed by atoms with Gasteiger partial charge in [-0.1, -0.05) is 36.4 Å². The van der Waals surface area contributed by atoms with Crippen LogP contribution in [0.15, 0.2) is 35.3 Å². The normalized spacial score (nSPS) is 12.2. The summed E-state index contributed by atoms with van der Waals surface area (Å²) in [6.45, 7) is 5.19. The summed E-state index contributed by atoms with van der Waals surface area (Å²) in [7, 11) is -1.56. The van der Waals surface area contributed by atoms with Gasteiger partial charge >= 0.3 is 7.12 Å². The van der Waals surface area contributed by atoms with Crippen molar-refractivity contribution in [2.75, 3.05) is 0 Å². The molecular weight excluding hydrogens is 162 g/mol. The molecule has 11 heavy (non-hydrogen) atoms. The van der Waals surface area contributed by atoms with Gasteiger partial charge in [-0.15, -0.1) is 0 Å². The fourth-order valence-corrected chi connectivity index (χ4v) is 0.677. The molecule has 0 aliphatic heterocycles. The smallest absolute Gasteiger partial charge is 0.423 e. The lowest BCUT2D eigenvalue weighted by Crippen LogP contribution is -2.15. The molecule has 60 valence electrons. The SMILES string of the molecule is C=C(Cl)C(=CC=CC)B(O)O. The Hall–Kier alpha value is -0.505. The zero-order valence-corrected chi connectivity index (χ0v) is 7.04. The van der Waals surface area contributed by atoms with Crippen molar-refractivity contribution in [1.29, 1.82) is 0 Å². The van der Waals surface area contributed by atoms with Crippen molar-refractivity contribution in [2.24, 2.45) is 0 Å². The summed E-state index contributed by atoms with van der Waals surface area (Å²) in [6, 6.07) is 0. The van der Waals surface area contributed by atoms with E-state index in [1.54, 1.807) is 12.2 Å². The summed E-state index contributed by atoms with van der Waals surface area (Å²) in [5.74, 6) is 0. The first kappa shape index (κ1) is 10.5. The van der Waals surface area contributed by atoms with E-state index in [2.05, 4.69) is 6.58 Å². The Morgan fingerprint density at radius 1 is 1.55 bits per heavy atom. The van der Waals surface area contributed by atoms with Gasteiger partial charge < -0.3 is 10.0 Å². The van der Waals surface area contributed by atoms with E-state index < -0.39 is 7.12 Å². The first-order chi connectivity index (χ1) is 5.09. The van der Waals surface area contributed by atoms with E-state index in [0.29, 0.717) is 0 Å². The molecule has 2 N–H and O–H groups in total. The number of hydrogen-bond acceptors (Lipinski definition) is 2. The Labute approximate surface area is 71.6 Å². The van der Waals surface area contributed by atoms with E-state index >= 15 is 0 Å². The molecule has 0 atom stereocenters. The molecule has 0 bridgehead atoms. The molecule has 0 spiro atoms. The lowest BCUT2D eigenvalue weighted by molar-refractivity contribution is 0.420. The third-order valence-corrected chi connectivity index (χ3v) is 1.28. The summed E-state index contributed by atoms with van der Waals surface area (Å²) in [5.41, 5.74) is 0.213. The Morgan fingerprint density at radius 3 is 2.36 bits per heavy atom. The molecule has 0 unspecified atom stereocenters. The quantitative estimate of drug-likeness (QED) is 0.497. The van der Waals surface area contributed by atoms with Gasteiger partial charge in [-0.05, 0) is 6.92 Å². The highest BCUT2D eigenvalue weighted by Gasteiger charge is 2.15. The van der Waals surface area contributed by atoms with Gasteiger partial charge in [0.15, 0.2) is 0 Å². The highest BCUT2D eigenvalue weighted by molar-refractivity contribution is 6.56. The second kappa shape index (κ2) is 5.19. The third kappa shape index (κ3) is 4.04. The van der Waals surface area contributed by atoms with Crippen molar-refractivity contribution < 1.29 is 10.0 Å². The molecule has 0 aliphatic carbocycles. The number of rotatable bonds is 3. The maximum absolute atomic E-state index is 8.72. The van der Waals surface area contributed by atoms with Crippen LogP contribution in [-0.2, 0) is 0 Å². The fraction of sp³-hybridized carbons (Fsp3) is 0.143. The molecule has 0 aliphatic rings. The van der Waals surface area contributed by atoms with E-state index in [4.69, 9.17) is 21.6 Å². The van der Waals surface area contributed by atoms with E-state index in [0.717, 1.165) is 0 Å². The first-order valence-electron chi connectivity index (χ1n) is 3.13. The minimum atomic E-state index is -1.56. The topological polar surface area (TPSA) is 40.5 Å². The molecule has 0 rings (SSSR count). The maximum atomic E-state index is 8.72. The molecule has 0 radical (unpaired) electrons. The average molecular weight is 172 g/mol. The van der Waals surface area contributed by atoms with Gasteiger partial charge in [0.05, 0.1) is 0 Å². The average Bonchev–Trinajstić information content (AvgIpc) is 1.87. The maximum Gasteiger partial charge on any atom is 0.489 e. The Bertz CT molecular complexity index is 197. The van der Waals surface area contributed by atoms with Crippen LogP contribution in [0, 0.1) is 0 Å². The molecule has 4 heteroatoms. The van der Waals surface area contributed by atoms with Gasteiger partial charge in [0.2, 0.25) is 0 Å². The highest BCUT2D eigenvalue weighted by Crippen LogP contribution is 2.12. The van der Waals surface area contributed by atoms with Gasteiger partial charge in [0.1, 0.15) is 0 Å². The van der Waals surface area contributed by atoms with Gasteiger partial charge in [0.25, 0.3) is 0 Å². The van der Waals surface area contributed by atoms with Crippen molar-refractivity contribution in [3.8, 4) is 0 Å². The van der Waals surface area contributed by atoms with Crippen molar-refractivity contribution in [2.45, 2.75) is 6.92 Å². The van der Waals surface area contributed by atoms with Crippen molar-refractivity contribution in [3.05, 3.63) is 35.3 Å². The zero-order valence-electron chi connectivity index (χ0n) is 6.29. The van der Waals surface area contributed by atoms with Crippen LogP contribution in [-0.4, -0.2) is 17.2 Å². The third-order valence-electron chi connectivity index (χ3n) is 1.06. The monoisotopic (exact) mass is 172 g/mol. The van der Waals surface area contributed by atoms with E-state index in [9.17, 15) is 0 Å². The Morgan fingerprint density at radius 2 is 2.09 bits per heavy atom. The largest absolute Gasteiger partial charge is 0.489 e. The second-order valence-electron chi connectivity index (χ2n) is 1.93. The van der Waals surface area contributed by atoms with E-state index in [-0.39, 0.29) is 10.5 Å². The lowest BCUT2D eigenvalue weighted by atomic mass is 9.79. The van der Waals surface area contributed by atoms with Gasteiger partial charge in [0, 0.05) is 10.5 Å². The first-order valence-corrected chi connectivity index (χ1v) is 3.51. The van der Waals surface area contributed by atoms with Crippen LogP contribution < -0.4 is 0 Å². The van der Waals surface area contributed by atoms with Crippen LogP contribution in [0.5, 0.6) is 0 Å². The molecule has 0 aromatic rings. The van der Waals surface area contributed by atoms with Gasteiger partial charge in [-0.2, -0.15) is 0 Å². The highest BCUT2D eigenvalue weighted by atomic mass is 35.5. The lowest BCUT2D eigenvalue weighted by Gasteiger charge is -2.00. The van der Waals surface area contributed by atoms with Crippen molar-refractivity contribution in [3.63, 3.8) is 0 Å². The van der Waals surface area contributed by atoms with Crippen molar-refractivity contribution in [1.82, 2.24) is 0 Å². The summed E-state index contributed by atoms with van der Waals surface area (Å²) < 4.78 is 0. The summed E-state index contributed by atoms with van der Waals surface area (Å²) in [5, 5.41) is 17.6. The molecular formula is C7H10BClO2. The van der Waals surface area contributed by atoms with Crippen LogP contribution in [0.4, 0.5) is 0 Å². The van der Waals surface area contributed by atoms with Gasteiger partial charge in [-0.3, -0.25) is 0 Å². The minimum Gasteiger partial charge on any atom is -0.423 e. The van der Waals surface area contributed by atoms with Crippen LogP contribution >= 0.6 is 11.6 Å². The Balaban J connectivity index is 4.46. The second-order valence-corrected chi connectivity index (χ2v) is 2.38. The summed E-state index contributed by atoms with van der Waals surface area (Å²) in [4.78, 5) is 0. The fourth-order valence-electron chi connectivity index (χ4n) is 0.516. The van der Waals surface area contributed by atoms with Gasteiger partial charge in [-0.25, -0.2) is 0 Å². The summed E-state index contributed by atoms with van der Waals surface area (Å²) in [6.07, 6.45) is 4.91. The molecule has 0 fully saturated rings. The molecule has 0 amide bonds. The van der Waals surface area contributed by atoms with Crippen molar-refractivity contribution >= 4 is 18.7 Å². The number of hydrogen-bond donors (Lipinski definition) is 2.